The normalized spacial score (nSPS) is 24.1. The molecule has 0 radical (unpaired) electrons. The van der Waals surface area contributed by atoms with E-state index in [-0.39, 0.29) is 4.75 Å². The minimum absolute atomic E-state index is 0.0902. The number of benzene rings is 1. The van der Waals surface area contributed by atoms with E-state index < -0.39 is 0 Å². The molecule has 1 heterocycles. The summed E-state index contributed by atoms with van der Waals surface area (Å²) < 4.78 is -0.0902. The van der Waals surface area contributed by atoms with Crippen molar-refractivity contribution in [2.45, 2.75) is 11.2 Å². The van der Waals surface area contributed by atoms with Crippen molar-refractivity contribution in [3.8, 4) is 12.3 Å². The first kappa shape index (κ1) is 10.1. The molecule has 1 unspecified atom stereocenters. The average molecular weight is 212 g/mol. The highest BCUT2D eigenvalue weighted by Crippen LogP contribution is 2.49. The lowest BCUT2D eigenvalue weighted by Gasteiger charge is -2.24. The standard InChI is InChI=1S/C14H12S/c1-3-10-14(11-9-12(2)15-14)13-7-5-4-6-8-13/h1,4-9,11H,2,10H2. The minimum atomic E-state index is -0.0902. The maximum Gasteiger partial charge on any atom is 0.0747 e. The van der Waals surface area contributed by atoms with Crippen LogP contribution in [-0.4, -0.2) is 0 Å². The molecule has 0 aliphatic carbocycles. The van der Waals surface area contributed by atoms with Crippen molar-refractivity contribution in [3.63, 3.8) is 0 Å². The molecule has 0 aromatic heterocycles. The molecule has 74 valence electrons. The second kappa shape index (κ2) is 4.00. The summed E-state index contributed by atoms with van der Waals surface area (Å²) >= 11 is 1.74. The monoisotopic (exact) mass is 212 g/mol. The molecule has 0 amide bonds. The second-order valence-electron chi connectivity index (χ2n) is 3.54. The lowest BCUT2D eigenvalue weighted by atomic mass is 9.94. The zero-order chi connectivity index (χ0) is 10.7. The molecule has 0 saturated carbocycles. The van der Waals surface area contributed by atoms with Crippen molar-refractivity contribution < 1.29 is 0 Å². The molecule has 1 heteroatoms. The summed E-state index contributed by atoms with van der Waals surface area (Å²) in [5, 5.41) is 0. The first-order valence-electron chi connectivity index (χ1n) is 4.83. The van der Waals surface area contributed by atoms with E-state index >= 15 is 0 Å². The van der Waals surface area contributed by atoms with Crippen LogP contribution in [0.1, 0.15) is 12.0 Å². The summed E-state index contributed by atoms with van der Waals surface area (Å²) in [6.45, 7) is 3.96. The molecular weight excluding hydrogens is 200 g/mol. The lowest BCUT2D eigenvalue weighted by Crippen LogP contribution is -2.15. The smallest absolute Gasteiger partial charge is 0.0747 e. The van der Waals surface area contributed by atoms with Crippen molar-refractivity contribution >= 4 is 11.8 Å². The van der Waals surface area contributed by atoms with Gasteiger partial charge < -0.3 is 0 Å². The van der Waals surface area contributed by atoms with Gasteiger partial charge in [-0.15, -0.1) is 24.1 Å². The van der Waals surface area contributed by atoms with Gasteiger partial charge in [0.25, 0.3) is 0 Å². The molecule has 1 aromatic rings. The molecule has 1 aliphatic heterocycles. The van der Waals surface area contributed by atoms with Gasteiger partial charge >= 0.3 is 0 Å². The van der Waals surface area contributed by atoms with E-state index in [1.165, 1.54) is 5.56 Å². The van der Waals surface area contributed by atoms with E-state index in [1.807, 2.05) is 18.2 Å². The third-order valence-electron chi connectivity index (χ3n) is 2.48. The van der Waals surface area contributed by atoms with Gasteiger partial charge in [0, 0.05) is 11.3 Å². The van der Waals surface area contributed by atoms with Crippen LogP contribution in [0.25, 0.3) is 0 Å². The van der Waals surface area contributed by atoms with Crippen molar-refractivity contribution in [2.75, 3.05) is 0 Å². The largest absolute Gasteiger partial charge is 0.120 e. The van der Waals surface area contributed by atoms with E-state index in [1.54, 1.807) is 11.8 Å². The Morgan fingerprint density at radius 3 is 2.60 bits per heavy atom. The molecule has 0 spiro atoms. The average Bonchev–Trinajstić information content (AvgIpc) is 2.63. The van der Waals surface area contributed by atoms with Crippen LogP contribution < -0.4 is 0 Å². The van der Waals surface area contributed by atoms with Gasteiger partial charge in [-0.3, -0.25) is 0 Å². The number of hydrogen-bond acceptors (Lipinski definition) is 1. The minimum Gasteiger partial charge on any atom is -0.120 e. The predicted molar refractivity (Wildman–Crippen MR) is 67.4 cm³/mol. The van der Waals surface area contributed by atoms with E-state index in [4.69, 9.17) is 6.42 Å². The first-order valence-corrected chi connectivity index (χ1v) is 5.65. The predicted octanol–water partition coefficient (Wildman–Crippen LogP) is 3.72. The Balaban J connectivity index is 2.42. The summed E-state index contributed by atoms with van der Waals surface area (Å²) in [5.74, 6) is 2.76. The van der Waals surface area contributed by atoms with Crippen LogP contribution in [0.5, 0.6) is 0 Å². The zero-order valence-corrected chi connectivity index (χ0v) is 9.26. The maximum atomic E-state index is 5.45. The fourth-order valence-electron chi connectivity index (χ4n) is 1.75. The van der Waals surface area contributed by atoms with Crippen LogP contribution >= 0.6 is 11.8 Å². The second-order valence-corrected chi connectivity index (χ2v) is 5.00. The molecule has 2 rings (SSSR count). The van der Waals surface area contributed by atoms with Crippen LogP contribution in [0, 0.1) is 12.3 Å². The van der Waals surface area contributed by atoms with Gasteiger partial charge in [-0.05, 0) is 5.56 Å². The van der Waals surface area contributed by atoms with Gasteiger partial charge in [0.2, 0.25) is 0 Å². The number of allylic oxidation sites excluding steroid dienone is 1. The van der Waals surface area contributed by atoms with Crippen molar-refractivity contribution in [2.24, 2.45) is 0 Å². The number of rotatable bonds is 2. The number of terminal acetylenes is 1. The molecule has 0 nitrogen and oxygen atoms in total. The Kier molecular flexibility index (Phi) is 2.70. The third-order valence-corrected chi connectivity index (χ3v) is 3.76. The Morgan fingerprint density at radius 2 is 2.07 bits per heavy atom. The summed E-state index contributed by atoms with van der Waals surface area (Å²) in [4.78, 5) is 1.08. The molecule has 0 saturated heterocycles. The summed E-state index contributed by atoms with van der Waals surface area (Å²) in [6.07, 6.45) is 10.4. The zero-order valence-electron chi connectivity index (χ0n) is 8.44. The van der Waals surface area contributed by atoms with Crippen molar-refractivity contribution in [1.29, 1.82) is 0 Å². The maximum absolute atomic E-state index is 5.45. The lowest BCUT2D eigenvalue weighted by molar-refractivity contribution is 0.814. The summed E-state index contributed by atoms with van der Waals surface area (Å²) in [5.41, 5.74) is 1.25. The van der Waals surface area contributed by atoms with Crippen molar-refractivity contribution in [3.05, 3.63) is 59.5 Å². The van der Waals surface area contributed by atoms with E-state index in [2.05, 4.69) is 36.8 Å². The van der Waals surface area contributed by atoms with Gasteiger partial charge in [0.15, 0.2) is 0 Å². The SMILES string of the molecule is C#CCC1(c2ccccc2)C=CC(=C)S1. The number of hydrogen-bond donors (Lipinski definition) is 0. The van der Waals surface area contributed by atoms with Crippen LogP contribution in [0.4, 0.5) is 0 Å². The molecule has 0 bridgehead atoms. The molecule has 15 heavy (non-hydrogen) atoms. The van der Waals surface area contributed by atoms with E-state index in [9.17, 15) is 0 Å². The highest BCUT2D eigenvalue weighted by molar-refractivity contribution is 8.04. The van der Waals surface area contributed by atoms with Crippen LogP contribution in [-0.2, 0) is 4.75 Å². The topological polar surface area (TPSA) is 0 Å². The third kappa shape index (κ3) is 1.86. The van der Waals surface area contributed by atoms with E-state index in [0.29, 0.717) is 6.42 Å². The van der Waals surface area contributed by atoms with Gasteiger partial charge in [0.05, 0.1) is 4.75 Å². The Hall–Kier alpha value is -1.39. The Labute approximate surface area is 95.1 Å². The van der Waals surface area contributed by atoms with Gasteiger partial charge in [-0.25, -0.2) is 0 Å². The van der Waals surface area contributed by atoms with E-state index in [0.717, 1.165) is 4.91 Å². The summed E-state index contributed by atoms with van der Waals surface area (Å²) in [7, 11) is 0. The number of thioether (sulfide) groups is 1. The Bertz CT molecular complexity index is 436. The molecular formula is C14H12S. The van der Waals surface area contributed by atoms with Gasteiger partial charge in [-0.2, -0.15) is 0 Å². The molecule has 0 fully saturated rings. The Morgan fingerprint density at radius 1 is 1.33 bits per heavy atom. The highest BCUT2D eigenvalue weighted by atomic mass is 32.2. The summed E-state index contributed by atoms with van der Waals surface area (Å²) in [6, 6.07) is 10.3. The van der Waals surface area contributed by atoms with Crippen molar-refractivity contribution in [1.82, 2.24) is 0 Å². The molecule has 0 N–H and O–H groups in total. The molecule has 1 atom stereocenters. The molecule has 1 aromatic carbocycles. The fourth-order valence-corrected chi connectivity index (χ4v) is 2.90. The van der Waals surface area contributed by atoms with Crippen LogP contribution in [0.2, 0.25) is 0 Å². The van der Waals surface area contributed by atoms with Gasteiger partial charge in [-0.1, -0.05) is 49.1 Å². The van der Waals surface area contributed by atoms with Gasteiger partial charge in [0.1, 0.15) is 0 Å². The van der Waals surface area contributed by atoms with Crippen LogP contribution in [0.3, 0.4) is 0 Å². The van der Waals surface area contributed by atoms with Crippen LogP contribution in [0.15, 0.2) is 54.0 Å². The quantitative estimate of drug-likeness (QED) is 0.673. The fraction of sp³-hybridized carbons (Fsp3) is 0.143. The first-order chi connectivity index (χ1) is 7.27. The highest BCUT2D eigenvalue weighted by Gasteiger charge is 2.33. The molecule has 1 aliphatic rings.